The van der Waals surface area contributed by atoms with Crippen molar-refractivity contribution >= 4 is 0 Å². The lowest BCUT2D eigenvalue weighted by Crippen LogP contribution is -2.33. The Morgan fingerprint density at radius 3 is 3.00 bits per heavy atom. The number of nitrogens with two attached hydrogens (primary N) is 1. The molecule has 0 bridgehead atoms. The van der Waals surface area contributed by atoms with Gasteiger partial charge >= 0.3 is 0 Å². The van der Waals surface area contributed by atoms with Crippen molar-refractivity contribution in [1.82, 2.24) is 0 Å². The minimum Gasteiger partial charge on any atom is -0.372 e. The average Bonchev–Trinajstić information content (AvgIpc) is 2.18. The van der Waals surface area contributed by atoms with Gasteiger partial charge in [0.15, 0.2) is 0 Å². The van der Waals surface area contributed by atoms with E-state index in [1.54, 1.807) is 0 Å². The lowest BCUT2D eigenvalue weighted by molar-refractivity contribution is 0.00656. The Morgan fingerprint density at radius 2 is 2.29 bits per heavy atom. The van der Waals surface area contributed by atoms with E-state index in [0.717, 1.165) is 6.42 Å². The smallest absolute Gasteiger partial charge is 0.0769 e. The third-order valence-electron chi connectivity index (χ3n) is 3.00. The molecule has 1 aromatic rings. The number of fused-ring (bicyclic) bond motifs is 1. The quantitative estimate of drug-likeness (QED) is 0.739. The minimum atomic E-state index is 0.0462. The largest absolute Gasteiger partial charge is 0.372 e. The van der Waals surface area contributed by atoms with Crippen molar-refractivity contribution in [3.05, 3.63) is 34.9 Å². The molecule has 0 fully saturated rings. The molecule has 0 aliphatic carbocycles. The van der Waals surface area contributed by atoms with Crippen LogP contribution in [0.15, 0.2) is 18.2 Å². The average molecular weight is 191 g/mol. The summed E-state index contributed by atoms with van der Waals surface area (Å²) in [6.07, 6.45) is 1.16. The van der Waals surface area contributed by atoms with Crippen LogP contribution < -0.4 is 5.73 Å². The first-order valence-electron chi connectivity index (χ1n) is 5.19. The molecule has 2 atom stereocenters. The van der Waals surface area contributed by atoms with Gasteiger partial charge in [0, 0.05) is 0 Å². The predicted octanol–water partition coefficient (Wildman–Crippen LogP) is 2.30. The Hall–Kier alpha value is -0.860. The van der Waals surface area contributed by atoms with Crippen molar-refractivity contribution in [3.8, 4) is 0 Å². The molecular weight excluding hydrogens is 174 g/mol. The van der Waals surface area contributed by atoms with Gasteiger partial charge in [0.2, 0.25) is 0 Å². The zero-order chi connectivity index (χ0) is 10.1. The lowest BCUT2D eigenvalue weighted by Gasteiger charge is -2.31. The predicted molar refractivity (Wildman–Crippen MR) is 57.0 cm³/mol. The Bertz CT molecular complexity index is 335. The molecule has 0 spiro atoms. The van der Waals surface area contributed by atoms with Crippen LogP contribution in [0.1, 0.15) is 36.1 Å². The van der Waals surface area contributed by atoms with Crippen molar-refractivity contribution in [2.24, 2.45) is 5.73 Å². The van der Waals surface area contributed by atoms with Crippen LogP contribution in [-0.2, 0) is 11.3 Å². The molecule has 76 valence electrons. The summed E-state index contributed by atoms with van der Waals surface area (Å²) in [6.45, 7) is 4.95. The minimum absolute atomic E-state index is 0.0462. The molecule has 0 radical (unpaired) electrons. The fourth-order valence-electron chi connectivity index (χ4n) is 2.20. The van der Waals surface area contributed by atoms with Crippen LogP contribution in [0.25, 0.3) is 0 Å². The van der Waals surface area contributed by atoms with E-state index in [1.807, 2.05) is 0 Å². The Balaban J connectivity index is 2.43. The third-order valence-corrected chi connectivity index (χ3v) is 3.00. The van der Waals surface area contributed by atoms with Gasteiger partial charge in [-0.05, 0) is 30.0 Å². The summed E-state index contributed by atoms with van der Waals surface area (Å²) in [4.78, 5) is 0. The van der Waals surface area contributed by atoms with Crippen LogP contribution in [0.2, 0.25) is 0 Å². The number of aryl methyl sites for hydroxylation is 1. The Morgan fingerprint density at radius 1 is 1.50 bits per heavy atom. The van der Waals surface area contributed by atoms with E-state index in [4.69, 9.17) is 10.5 Å². The highest BCUT2D eigenvalue weighted by Crippen LogP contribution is 2.31. The first-order chi connectivity index (χ1) is 6.74. The van der Waals surface area contributed by atoms with Gasteiger partial charge in [-0.1, -0.05) is 25.1 Å². The van der Waals surface area contributed by atoms with Gasteiger partial charge < -0.3 is 10.5 Å². The molecule has 0 saturated carbocycles. The van der Waals surface area contributed by atoms with E-state index in [-0.39, 0.29) is 12.1 Å². The van der Waals surface area contributed by atoms with E-state index in [2.05, 4.69) is 32.0 Å². The standard InChI is InChI=1S/C12H17NO/c1-3-10-12(13)11-8(2)5-4-6-9(11)7-14-10/h4-6,10,12H,3,7,13H2,1-2H3/t10-,12+/m0/s1. The second kappa shape index (κ2) is 3.71. The van der Waals surface area contributed by atoms with Crippen molar-refractivity contribution in [2.75, 3.05) is 0 Å². The highest BCUT2D eigenvalue weighted by molar-refractivity contribution is 5.38. The van der Waals surface area contributed by atoms with Gasteiger partial charge in [0.25, 0.3) is 0 Å². The third kappa shape index (κ3) is 1.45. The maximum absolute atomic E-state index is 6.18. The molecule has 1 heterocycles. The van der Waals surface area contributed by atoms with Crippen molar-refractivity contribution in [3.63, 3.8) is 0 Å². The van der Waals surface area contributed by atoms with Crippen LogP contribution in [0, 0.1) is 6.92 Å². The number of hydrogen-bond acceptors (Lipinski definition) is 2. The zero-order valence-corrected chi connectivity index (χ0v) is 8.79. The monoisotopic (exact) mass is 191 g/mol. The first-order valence-corrected chi connectivity index (χ1v) is 5.19. The summed E-state index contributed by atoms with van der Waals surface area (Å²) in [5, 5.41) is 0. The molecule has 1 aromatic carbocycles. The molecular formula is C12H17NO. The molecule has 2 nitrogen and oxygen atoms in total. The van der Waals surface area contributed by atoms with Gasteiger partial charge in [-0.25, -0.2) is 0 Å². The summed E-state index contributed by atoms with van der Waals surface area (Å²) < 4.78 is 5.70. The van der Waals surface area contributed by atoms with Gasteiger partial charge in [-0.15, -0.1) is 0 Å². The second-order valence-electron chi connectivity index (χ2n) is 3.93. The van der Waals surface area contributed by atoms with Gasteiger partial charge in [-0.2, -0.15) is 0 Å². The normalized spacial score (nSPS) is 25.9. The van der Waals surface area contributed by atoms with Crippen LogP contribution in [0.4, 0.5) is 0 Å². The maximum Gasteiger partial charge on any atom is 0.0769 e. The summed E-state index contributed by atoms with van der Waals surface area (Å²) in [6, 6.07) is 6.34. The van der Waals surface area contributed by atoms with Gasteiger partial charge in [0.05, 0.1) is 18.8 Å². The van der Waals surface area contributed by atoms with Crippen LogP contribution in [-0.4, -0.2) is 6.10 Å². The topological polar surface area (TPSA) is 35.2 Å². The van der Waals surface area contributed by atoms with E-state index < -0.39 is 0 Å². The maximum atomic E-state index is 6.18. The Kier molecular flexibility index (Phi) is 2.57. The van der Waals surface area contributed by atoms with Crippen LogP contribution >= 0.6 is 0 Å². The summed E-state index contributed by atoms with van der Waals surface area (Å²) >= 11 is 0. The second-order valence-corrected chi connectivity index (χ2v) is 3.93. The van der Waals surface area contributed by atoms with Gasteiger partial charge in [-0.3, -0.25) is 0 Å². The molecule has 0 amide bonds. The van der Waals surface area contributed by atoms with E-state index in [1.165, 1.54) is 16.7 Å². The fraction of sp³-hybridized carbons (Fsp3) is 0.500. The first kappa shape index (κ1) is 9.69. The van der Waals surface area contributed by atoms with Crippen LogP contribution in [0.5, 0.6) is 0 Å². The molecule has 0 unspecified atom stereocenters. The molecule has 0 aromatic heterocycles. The highest BCUT2D eigenvalue weighted by atomic mass is 16.5. The number of hydrogen-bond donors (Lipinski definition) is 1. The zero-order valence-electron chi connectivity index (χ0n) is 8.79. The highest BCUT2D eigenvalue weighted by Gasteiger charge is 2.26. The van der Waals surface area contributed by atoms with Gasteiger partial charge in [0.1, 0.15) is 0 Å². The van der Waals surface area contributed by atoms with E-state index in [9.17, 15) is 0 Å². The molecule has 2 heteroatoms. The van der Waals surface area contributed by atoms with Crippen molar-refractivity contribution in [1.29, 1.82) is 0 Å². The summed E-state index contributed by atoms with van der Waals surface area (Å²) in [5.74, 6) is 0. The SMILES string of the molecule is CC[C@@H]1OCc2cccc(C)c2[C@@H]1N. The van der Waals surface area contributed by atoms with E-state index in [0.29, 0.717) is 6.61 Å². The molecule has 2 N–H and O–H groups in total. The number of ether oxygens (including phenoxy) is 1. The molecule has 1 aliphatic heterocycles. The lowest BCUT2D eigenvalue weighted by atomic mass is 9.90. The molecule has 2 rings (SSSR count). The Labute approximate surface area is 85.1 Å². The molecule has 1 aliphatic rings. The van der Waals surface area contributed by atoms with Crippen molar-refractivity contribution < 1.29 is 4.74 Å². The van der Waals surface area contributed by atoms with Crippen molar-refractivity contribution in [2.45, 2.75) is 39.0 Å². The van der Waals surface area contributed by atoms with E-state index >= 15 is 0 Å². The number of rotatable bonds is 1. The molecule has 0 saturated heterocycles. The van der Waals surface area contributed by atoms with Crippen LogP contribution in [0.3, 0.4) is 0 Å². The molecule has 14 heavy (non-hydrogen) atoms. The number of benzene rings is 1. The fourth-order valence-corrected chi connectivity index (χ4v) is 2.20. The summed E-state index contributed by atoms with van der Waals surface area (Å²) in [7, 11) is 0. The summed E-state index contributed by atoms with van der Waals surface area (Å²) in [5.41, 5.74) is 10.0.